The highest BCUT2D eigenvalue weighted by Crippen LogP contribution is 2.39. The number of hydrogen-bond acceptors (Lipinski definition) is 6. The van der Waals surface area contributed by atoms with E-state index in [2.05, 4.69) is 20.4 Å². The quantitative estimate of drug-likeness (QED) is 0.808. The molecule has 1 amide bonds. The van der Waals surface area contributed by atoms with Crippen LogP contribution >= 0.6 is 0 Å². The van der Waals surface area contributed by atoms with E-state index in [0.717, 1.165) is 62.3 Å². The van der Waals surface area contributed by atoms with Crippen LogP contribution in [0.2, 0.25) is 0 Å². The van der Waals surface area contributed by atoms with Crippen LogP contribution in [0, 0.1) is 17.8 Å². The number of fused-ring (bicyclic) bond motifs is 1. The predicted molar refractivity (Wildman–Crippen MR) is 107 cm³/mol. The summed E-state index contributed by atoms with van der Waals surface area (Å²) in [6, 6.07) is 6.03. The van der Waals surface area contributed by atoms with Gasteiger partial charge in [-0.25, -0.2) is 0 Å². The Bertz CT molecular complexity index is 851. The van der Waals surface area contributed by atoms with Gasteiger partial charge >= 0.3 is 0 Å². The summed E-state index contributed by atoms with van der Waals surface area (Å²) in [6.45, 7) is 2.83. The lowest BCUT2D eigenvalue weighted by atomic mass is 9.77. The molecule has 2 aromatic rings. The number of nitrogens with one attached hydrogen (secondary N) is 1. The van der Waals surface area contributed by atoms with E-state index in [1.807, 2.05) is 18.2 Å². The zero-order valence-electron chi connectivity index (χ0n) is 16.8. The third kappa shape index (κ3) is 4.07. The molecule has 5 rings (SSSR count). The van der Waals surface area contributed by atoms with E-state index in [1.54, 1.807) is 19.5 Å². The van der Waals surface area contributed by atoms with Crippen LogP contribution in [0.4, 0.5) is 0 Å². The van der Waals surface area contributed by atoms with Crippen molar-refractivity contribution in [3.8, 4) is 11.3 Å². The lowest BCUT2D eigenvalue weighted by Gasteiger charge is -2.37. The number of hydrogen-bond donors (Lipinski definition) is 1. The van der Waals surface area contributed by atoms with Crippen LogP contribution < -0.4 is 5.32 Å². The van der Waals surface area contributed by atoms with Gasteiger partial charge in [-0.05, 0) is 49.7 Å². The van der Waals surface area contributed by atoms with E-state index in [0.29, 0.717) is 11.8 Å². The van der Waals surface area contributed by atoms with Crippen molar-refractivity contribution in [3.05, 3.63) is 36.4 Å². The molecule has 3 fully saturated rings. The van der Waals surface area contributed by atoms with Crippen molar-refractivity contribution in [2.45, 2.75) is 44.4 Å². The molecule has 0 bridgehead atoms. The number of amides is 1. The molecule has 3 heterocycles. The second kappa shape index (κ2) is 7.88. The number of nitrogens with zero attached hydrogens (tertiary/aromatic N) is 3. The first-order valence-corrected chi connectivity index (χ1v) is 10.6. The lowest BCUT2D eigenvalue weighted by molar-refractivity contribution is -0.125. The molecule has 154 valence electrons. The average Bonchev–Trinajstić information content (AvgIpc) is 3.38. The van der Waals surface area contributed by atoms with Gasteiger partial charge in [0.2, 0.25) is 5.91 Å². The smallest absolute Gasteiger partial charge is 0.223 e. The molecule has 0 unspecified atom stereocenters. The van der Waals surface area contributed by atoms with Crippen molar-refractivity contribution < 1.29 is 14.1 Å². The lowest BCUT2D eigenvalue weighted by Crippen LogP contribution is -2.50. The van der Waals surface area contributed by atoms with Gasteiger partial charge in [-0.2, -0.15) is 0 Å². The molecule has 2 aliphatic carbocycles. The Morgan fingerprint density at radius 1 is 1.31 bits per heavy atom. The molecule has 0 spiro atoms. The van der Waals surface area contributed by atoms with Crippen LogP contribution in [0.1, 0.15) is 31.4 Å². The second-order valence-corrected chi connectivity index (χ2v) is 8.77. The SMILES string of the molecule is CO[C@H]1C[C@@H]2CN(Cc3cc(-c4cccnc4)no3)C[C@@H]2C[C@@H]1NC(=O)C1CC1. The summed E-state index contributed by atoms with van der Waals surface area (Å²) in [6.07, 6.45) is 7.74. The van der Waals surface area contributed by atoms with Gasteiger partial charge in [-0.3, -0.25) is 14.7 Å². The highest BCUT2D eigenvalue weighted by atomic mass is 16.5. The number of methoxy groups -OCH3 is 1. The number of likely N-dealkylation sites (tertiary alicyclic amines) is 1. The second-order valence-electron chi connectivity index (χ2n) is 8.77. The summed E-state index contributed by atoms with van der Waals surface area (Å²) in [7, 11) is 1.77. The Morgan fingerprint density at radius 3 is 2.86 bits per heavy atom. The van der Waals surface area contributed by atoms with Gasteiger partial charge in [0.15, 0.2) is 5.76 Å². The van der Waals surface area contributed by atoms with Crippen molar-refractivity contribution in [1.82, 2.24) is 20.4 Å². The van der Waals surface area contributed by atoms with Crippen LogP contribution in [0.25, 0.3) is 11.3 Å². The highest BCUT2D eigenvalue weighted by molar-refractivity contribution is 5.81. The molecule has 0 aromatic carbocycles. The summed E-state index contributed by atoms with van der Waals surface area (Å²) >= 11 is 0. The van der Waals surface area contributed by atoms with Crippen molar-refractivity contribution in [1.29, 1.82) is 0 Å². The van der Waals surface area contributed by atoms with Crippen LogP contribution in [0.15, 0.2) is 35.1 Å². The number of carbonyl (C=O) groups excluding carboxylic acids is 1. The van der Waals surface area contributed by atoms with E-state index in [-0.39, 0.29) is 24.0 Å². The first-order valence-electron chi connectivity index (χ1n) is 10.6. The zero-order chi connectivity index (χ0) is 19.8. The minimum absolute atomic E-state index is 0.112. The predicted octanol–water partition coefficient (Wildman–Crippen LogP) is 2.49. The van der Waals surface area contributed by atoms with Crippen molar-refractivity contribution >= 4 is 5.91 Å². The molecule has 29 heavy (non-hydrogen) atoms. The van der Waals surface area contributed by atoms with Crippen LogP contribution in [-0.2, 0) is 16.1 Å². The van der Waals surface area contributed by atoms with Gasteiger partial charge in [-0.15, -0.1) is 0 Å². The summed E-state index contributed by atoms with van der Waals surface area (Å²) < 4.78 is 11.3. The Hall–Kier alpha value is -2.25. The van der Waals surface area contributed by atoms with Gasteiger partial charge in [0.25, 0.3) is 0 Å². The fraction of sp³-hybridized carbons (Fsp3) is 0.591. The maximum Gasteiger partial charge on any atom is 0.223 e. The van der Waals surface area contributed by atoms with Gasteiger partial charge in [0.1, 0.15) is 5.69 Å². The highest BCUT2D eigenvalue weighted by Gasteiger charge is 2.44. The molecule has 2 aromatic heterocycles. The molecule has 1 saturated heterocycles. The topological polar surface area (TPSA) is 80.5 Å². The van der Waals surface area contributed by atoms with Crippen LogP contribution in [0.3, 0.4) is 0 Å². The Balaban J connectivity index is 1.20. The molecule has 4 atom stereocenters. The number of carbonyl (C=O) groups is 1. The largest absolute Gasteiger partial charge is 0.379 e. The molecule has 1 N–H and O–H groups in total. The molecular weight excluding hydrogens is 368 g/mol. The molecule has 1 aliphatic heterocycles. The normalized spacial score (nSPS) is 29.6. The van der Waals surface area contributed by atoms with Crippen LogP contribution in [0.5, 0.6) is 0 Å². The molecule has 7 heteroatoms. The maximum absolute atomic E-state index is 12.3. The average molecular weight is 396 g/mol. The fourth-order valence-electron chi connectivity index (χ4n) is 4.96. The summed E-state index contributed by atoms with van der Waals surface area (Å²) in [4.78, 5) is 18.8. The third-order valence-corrected chi connectivity index (χ3v) is 6.67. The molecule has 2 saturated carbocycles. The van der Waals surface area contributed by atoms with Crippen molar-refractivity contribution in [2.24, 2.45) is 17.8 Å². The monoisotopic (exact) mass is 396 g/mol. The summed E-state index contributed by atoms with van der Waals surface area (Å²) in [5.41, 5.74) is 1.79. The van der Waals surface area contributed by atoms with Gasteiger partial charge in [0, 0.05) is 50.1 Å². The van der Waals surface area contributed by atoms with Crippen molar-refractivity contribution in [3.63, 3.8) is 0 Å². The minimum atomic E-state index is 0.112. The Kier molecular flexibility index (Phi) is 5.09. The van der Waals surface area contributed by atoms with E-state index >= 15 is 0 Å². The zero-order valence-corrected chi connectivity index (χ0v) is 16.8. The molecular formula is C22H28N4O3. The van der Waals surface area contributed by atoms with Gasteiger partial charge in [-0.1, -0.05) is 5.16 Å². The molecule has 3 aliphatic rings. The Labute approximate surface area is 170 Å². The molecule has 0 radical (unpaired) electrons. The standard InChI is InChI=1S/C22H28N4O3/c1-28-21-8-17-12-26(11-16(17)7-20(21)24-22(27)14-4-5-14)13-18-9-19(25-29-18)15-3-2-6-23-10-15/h2-3,6,9-10,14,16-17,20-21H,4-5,7-8,11-13H2,1H3,(H,24,27)/t16-,17+,20-,21-/m0/s1. The van der Waals surface area contributed by atoms with Crippen molar-refractivity contribution in [2.75, 3.05) is 20.2 Å². The fourth-order valence-corrected chi connectivity index (χ4v) is 4.96. The van der Waals surface area contributed by atoms with Gasteiger partial charge < -0.3 is 14.6 Å². The van der Waals surface area contributed by atoms with E-state index < -0.39 is 0 Å². The van der Waals surface area contributed by atoms with E-state index in [4.69, 9.17) is 9.26 Å². The maximum atomic E-state index is 12.3. The number of pyridine rings is 1. The first kappa shape index (κ1) is 18.8. The third-order valence-electron chi connectivity index (χ3n) is 6.67. The number of ether oxygens (including phenoxy) is 1. The van der Waals surface area contributed by atoms with E-state index in [1.165, 1.54) is 0 Å². The number of rotatable bonds is 6. The van der Waals surface area contributed by atoms with Crippen LogP contribution in [-0.4, -0.2) is 53.3 Å². The van der Waals surface area contributed by atoms with E-state index in [9.17, 15) is 4.79 Å². The van der Waals surface area contributed by atoms with Gasteiger partial charge in [0.05, 0.1) is 18.7 Å². The molecule has 7 nitrogen and oxygen atoms in total. The summed E-state index contributed by atoms with van der Waals surface area (Å²) in [5, 5.41) is 7.47. The number of aromatic nitrogens is 2. The summed E-state index contributed by atoms with van der Waals surface area (Å²) in [5.74, 6) is 2.53. The first-order chi connectivity index (χ1) is 14.2. The Morgan fingerprint density at radius 2 is 2.14 bits per heavy atom. The minimum Gasteiger partial charge on any atom is -0.379 e.